The summed E-state index contributed by atoms with van der Waals surface area (Å²) in [6.07, 6.45) is 3.36. The molecule has 3 fully saturated rings. The number of nitrogens with zero attached hydrogens (tertiary/aromatic N) is 1. The first-order valence-corrected chi connectivity index (χ1v) is 10.4. The molecule has 0 N–H and O–H groups in total. The highest BCUT2D eigenvalue weighted by atomic mass is 32.2. The van der Waals surface area contributed by atoms with Crippen molar-refractivity contribution in [3.05, 3.63) is 30.1 Å². The largest absolute Gasteiger partial charge is 0.381 e. The summed E-state index contributed by atoms with van der Waals surface area (Å²) in [4.78, 5) is -0.251. The lowest BCUT2D eigenvalue weighted by atomic mass is 9.91. The molecule has 0 unspecified atom stereocenters. The maximum Gasteiger partial charge on any atom is 0.246 e. The Morgan fingerprint density at radius 3 is 2.80 bits per heavy atom. The maximum atomic E-state index is 13.9. The van der Waals surface area contributed by atoms with Crippen molar-refractivity contribution in [3.8, 4) is 0 Å². The van der Waals surface area contributed by atoms with Crippen LogP contribution in [0.25, 0.3) is 0 Å². The van der Waals surface area contributed by atoms with E-state index in [0.717, 1.165) is 18.9 Å². The Labute approximate surface area is 148 Å². The highest BCUT2D eigenvalue weighted by Gasteiger charge is 2.47. The number of hydrogen-bond donors (Lipinski definition) is 0. The lowest BCUT2D eigenvalue weighted by molar-refractivity contribution is 0.0908. The van der Waals surface area contributed by atoms with Gasteiger partial charge in [0, 0.05) is 32.2 Å². The summed E-state index contributed by atoms with van der Waals surface area (Å²) in [5.74, 6) is 0.530. The van der Waals surface area contributed by atoms with Crippen molar-refractivity contribution in [1.82, 2.24) is 4.31 Å². The van der Waals surface area contributed by atoms with E-state index in [0.29, 0.717) is 32.2 Å². The van der Waals surface area contributed by atoms with Crippen molar-refractivity contribution in [2.45, 2.75) is 30.3 Å². The zero-order valence-electron chi connectivity index (χ0n) is 14.1. The van der Waals surface area contributed by atoms with Gasteiger partial charge in [0.05, 0.1) is 12.7 Å². The van der Waals surface area contributed by atoms with E-state index in [2.05, 4.69) is 0 Å². The summed E-state index contributed by atoms with van der Waals surface area (Å²) in [5.41, 5.74) is 0. The second-order valence-corrected chi connectivity index (χ2v) is 9.26. The molecule has 1 aliphatic carbocycles. The Hall–Kier alpha value is -1.02. The number of benzene rings is 1. The second-order valence-electron chi connectivity index (χ2n) is 7.36. The van der Waals surface area contributed by atoms with Crippen LogP contribution in [-0.4, -0.2) is 51.7 Å². The third-order valence-electron chi connectivity index (χ3n) is 5.54. The van der Waals surface area contributed by atoms with Crippen LogP contribution in [0.2, 0.25) is 0 Å². The summed E-state index contributed by atoms with van der Waals surface area (Å²) < 4.78 is 52.3. The van der Waals surface area contributed by atoms with Gasteiger partial charge in [0.1, 0.15) is 10.7 Å². The van der Waals surface area contributed by atoms with Crippen molar-refractivity contribution in [1.29, 1.82) is 0 Å². The Morgan fingerprint density at radius 2 is 2.04 bits per heavy atom. The summed E-state index contributed by atoms with van der Waals surface area (Å²) >= 11 is 0. The fraction of sp³-hybridized carbons (Fsp3) is 0.667. The second kappa shape index (κ2) is 6.95. The van der Waals surface area contributed by atoms with Gasteiger partial charge in [-0.15, -0.1) is 0 Å². The molecule has 0 spiro atoms. The summed E-state index contributed by atoms with van der Waals surface area (Å²) in [5, 5.41) is 0. The Balaban J connectivity index is 1.37. The molecule has 25 heavy (non-hydrogen) atoms. The average Bonchev–Trinajstić information content (AvgIpc) is 3.18. The lowest BCUT2D eigenvalue weighted by Gasteiger charge is -2.20. The van der Waals surface area contributed by atoms with E-state index in [1.165, 1.54) is 35.3 Å². The Morgan fingerprint density at radius 1 is 1.24 bits per heavy atom. The molecule has 1 aromatic carbocycles. The van der Waals surface area contributed by atoms with Crippen molar-refractivity contribution in [3.63, 3.8) is 0 Å². The van der Waals surface area contributed by atoms with Crippen LogP contribution in [0.4, 0.5) is 4.39 Å². The predicted molar refractivity (Wildman–Crippen MR) is 90.0 cm³/mol. The third kappa shape index (κ3) is 3.60. The molecule has 7 heteroatoms. The Bertz CT molecular complexity index is 722. The molecule has 0 radical (unpaired) electrons. The van der Waals surface area contributed by atoms with E-state index in [-0.39, 0.29) is 16.9 Å². The smallest absolute Gasteiger partial charge is 0.246 e. The quantitative estimate of drug-likeness (QED) is 0.692. The average molecular weight is 369 g/mol. The number of rotatable bonds is 7. The van der Waals surface area contributed by atoms with Crippen LogP contribution >= 0.6 is 0 Å². The SMILES string of the molecule is O=S(=O)(c1ccccc1F)N1C[C@@H]2[C@H](CCOCC3CC3)CO[C@@H]2C1. The highest BCUT2D eigenvalue weighted by molar-refractivity contribution is 7.89. The molecule has 2 aliphatic heterocycles. The highest BCUT2D eigenvalue weighted by Crippen LogP contribution is 2.38. The van der Waals surface area contributed by atoms with Crippen LogP contribution in [0.3, 0.4) is 0 Å². The molecule has 0 bridgehead atoms. The summed E-state index contributed by atoms with van der Waals surface area (Å²) in [6.45, 7) is 2.91. The third-order valence-corrected chi connectivity index (χ3v) is 7.41. The number of sulfonamides is 1. The maximum absolute atomic E-state index is 13.9. The monoisotopic (exact) mass is 369 g/mol. The number of fused-ring (bicyclic) bond motifs is 1. The topological polar surface area (TPSA) is 55.8 Å². The lowest BCUT2D eigenvalue weighted by Crippen LogP contribution is -2.32. The van der Waals surface area contributed by atoms with E-state index >= 15 is 0 Å². The molecule has 4 rings (SSSR count). The minimum absolute atomic E-state index is 0.0880. The number of halogens is 1. The van der Waals surface area contributed by atoms with E-state index in [1.54, 1.807) is 6.07 Å². The van der Waals surface area contributed by atoms with Crippen molar-refractivity contribution in [2.24, 2.45) is 17.8 Å². The van der Waals surface area contributed by atoms with Gasteiger partial charge in [-0.05, 0) is 43.2 Å². The molecule has 1 aromatic rings. The first kappa shape index (κ1) is 17.4. The molecule has 138 valence electrons. The van der Waals surface area contributed by atoms with Crippen molar-refractivity contribution >= 4 is 10.0 Å². The molecule has 0 amide bonds. The molecular weight excluding hydrogens is 345 g/mol. The number of ether oxygens (including phenoxy) is 2. The molecule has 3 atom stereocenters. The van der Waals surface area contributed by atoms with Gasteiger partial charge in [0.25, 0.3) is 0 Å². The van der Waals surface area contributed by atoms with Crippen molar-refractivity contribution in [2.75, 3.05) is 32.9 Å². The molecule has 2 heterocycles. The van der Waals surface area contributed by atoms with Gasteiger partial charge >= 0.3 is 0 Å². The van der Waals surface area contributed by atoms with Crippen molar-refractivity contribution < 1.29 is 22.3 Å². The zero-order chi connectivity index (χ0) is 17.4. The molecule has 0 aromatic heterocycles. The van der Waals surface area contributed by atoms with Gasteiger partial charge < -0.3 is 9.47 Å². The molecule has 2 saturated heterocycles. The normalized spacial score (nSPS) is 29.9. The van der Waals surface area contributed by atoms with Crippen LogP contribution in [0.5, 0.6) is 0 Å². The summed E-state index contributed by atoms with van der Waals surface area (Å²) in [6, 6.07) is 5.54. The molecule has 1 saturated carbocycles. The fourth-order valence-electron chi connectivity index (χ4n) is 3.82. The van der Waals surface area contributed by atoms with E-state index in [1.807, 2.05) is 0 Å². The van der Waals surface area contributed by atoms with Gasteiger partial charge in [-0.2, -0.15) is 4.31 Å². The zero-order valence-corrected chi connectivity index (χ0v) is 15.0. The first-order chi connectivity index (χ1) is 12.1. The van der Waals surface area contributed by atoms with Gasteiger partial charge in [0.15, 0.2) is 0 Å². The minimum Gasteiger partial charge on any atom is -0.381 e. The van der Waals surface area contributed by atoms with Gasteiger partial charge in [-0.3, -0.25) is 0 Å². The standard InChI is InChI=1S/C18H24FNO4S/c19-16-3-1-2-4-18(16)25(21,22)20-9-15-14(12-24-17(15)10-20)7-8-23-11-13-5-6-13/h1-4,13-15,17H,5-12H2/t14-,15-,17-/m1/s1. The van der Waals surface area contributed by atoms with Crippen LogP contribution in [0.1, 0.15) is 19.3 Å². The van der Waals surface area contributed by atoms with Gasteiger partial charge in [-0.25, -0.2) is 12.8 Å². The van der Waals surface area contributed by atoms with E-state index in [9.17, 15) is 12.8 Å². The minimum atomic E-state index is -3.82. The van der Waals surface area contributed by atoms with Gasteiger partial charge in [-0.1, -0.05) is 12.1 Å². The van der Waals surface area contributed by atoms with E-state index < -0.39 is 15.8 Å². The fourth-order valence-corrected chi connectivity index (χ4v) is 5.37. The Kier molecular flexibility index (Phi) is 4.83. The summed E-state index contributed by atoms with van der Waals surface area (Å²) in [7, 11) is -3.82. The number of hydrogen-bond acceptors (Lipinski definition) is 4. The van der Waals surface area contributed by atoms with Crippen LogP contribution < -0.4 is 0 Å². The molecule has 3 aliphatic rings. The van der Waals surface area contributed by atoms with Crippen LogP contribution in [0.15, 0.2) is 29.2 Å². The van der Waals surface area contributed by atoms with Crippen LogP contribution in [0, 0.1) is 23.6 Å². The van der Waals surface area contributed by atoms with Gasteiger partial charge in [0.2, 0.25) is 10.0 Å². The molecular formula is C18H24FNO4S. The van der Waals surface area contributed by atoms with Crippen LogP contribution in [-0.2, 0) is 19.5 Å². The first-order valence-electron chi connectivity index (χ1n) is 8.99. The van der Waals surface area contributed by atoms with E-state index in [4.69, 9.17) is 9.47 Å². The molecule has 5 nitrogen and oxygen atoms in total. The predicted octanol–water partition coefficient (Wildman–Crippen LogP) is 2.28.